The van der Waals surface area contributed by atoms with Crippen molar-refractivity contribution in [2.75, 3.05) is 32.7 Å². The molecule has 1 aromatic heterocycles. The number of benzene rings is 1. The second-order valence-corrected chi connectivity index (χ2v) is 7.01. The molecule has 0 aliphatic carbocycles. The standard InChI is InChI=1S/C17H18ClFN2OS/c18-14-3-1-4-15(19)13(14)11-20-6-8-21(9-7-20)12-16(22)17-5-2-10-23-17/h1-5,10H,6-9,11-12H2. The van der Waals surface area contributed by atoms with Gasteiger partial charge < -0.3 is 0 Å². The van der Waals surface area contributed by atoms with Gasteiger partial charge in [-0.1, -0.05) is 23.7 Å². The minimum absolute atomic E-state index is 0.172. The number of hydrogen-bond donors (Lipinski definition) is 0. The van der Waals surface area contributed by atoms with Crippen LogP contribution in [0.3, 0.4) is 0 Å². The van der Waals surface area contributed by atoms with Crippen LogP contribution in [0.15, 0.2) is 35.7 Å². The van der Waals surface area contributed by atoms with E-state index in [1.807, 2.05) is 17.5 Å². The smallest absolute Gasteiger partial charge is 0.186 e. The van der Waals surface area contributed by atoms with E-state index in [1.54, 1.807) is 12.1 Å². The topological polar surface area (TPSA) is 23.6 Å². The molecule has 0 atom stereocenters. The maximum Gasteiger partial charge on any atom is 0.186 e. The highest BCUT2D eigenvalue weighted by Gasteiger charge is 2.21. The van der Waals surface area contributed by atoms with Gasteiger partial charge in [0.2, 0.25) is 0 Å². The Morgan fingerprint density at radius 1 is 1.13 bits per heavy atom. The predicted molar refractivity (Wildman–Crippen MR) is 91.8 cm³/mol. The van der Waals surface area contributed by atoms with Crippen LogP contribution in [0.25, 0.3) is 0 Å². The third kappa shape index (κ3) is 4.18. The summed E-state index contributed by atoms with van der Waals surface area (Å²) in [7, 11) is 0. The van der Waals surface area contributed by atoms with Gasteiger partial charge in [0.15, 0.2) is 5.78 Å². The molecule has 0 unspecified atom stereocenters. The van der Waals surface area contributed by atoms with E-state index in [0.29, 0.717) is 23.7 Å². The molecule has 0 radical (unpaired) electrons. The lowest BCUT2D eigenvalue weighted by atomic mass is 10.1. The fraction of sp³-hybridized carbons (Fsp3) is 0.353. The second-order valence-electron chi connectivity index (χ2n) is 5.65. The number of Topliss-reactive ketones (excluding diaryl/α,β-unsaturated/α-hetero) is 1. The number of ketones is 1. The van der Waals surface area contributed by atoms with E-state index in [0.717, 1.165) is 31.1 Å². The molecule has 1 fully saturated rings. The van der Waals surface area contributed by atoms with Crippen LogP contribution in [0.4, 0.5) is 4.39 Å². The molecule has 1 aliphatic rings. The monoisotopic (exact) mass is 352 g/mol. The van der Waals surface area contributed by atoms with E-state index in [4.69, 9.17) is 11.6 Å². The summed E-state index contributed by atoms with van der Waals surface area (Å²) in [6.45, 7) is 4.20. The highest BCUT2D eigenvalue weighted by molar-refractivity contribution is 7.12. The number of nitrogens with zero attached hydrogens (tertiary/aromatic N) is 2. The minimum Gasteiger partial charge on any atom is -0.296 e. The third-order valence-electron chi connectivity index (χ3n) is 4.07. The van der Waals surface area contributed by atoms with Gasteiger partial charge >= 0.3 is 0 Å². The molecule has 1 saturated heterocycles. The maximum absolute atomic E-state index is 13.8. The lowest BCUT2D eigenvalue weighted by Crippen LogP contribution is -2.47. The van der Waals surface area contributed by atoms with Crippen molar-refractivity contribution in [3.8, 4) is 0 Å². The van der Waals surface area contributed by atoms with Crippen molar-refractivity contribution >= 4 is 28.7 Å². The van der Waals surface area contributed by atoms with Gasteiger partial charge in [-0.2, -0.15) is 0 Å². The molecule has 23 heavy (non-hydrogen) atoms. The Morgan fingerprint density at radius 2 is 1.87 bits per heavy atom. The SMILES string of the molecule is O=C(CN1CCN(Cc2c(F)cccc2Cl)CC1)c1cccs1. The number of rotatable bonds is 5. The molecule has 3 nitrogen and oxygen atoms in total. The van der Waals surface area contributed by atoms with Crippen LogP contribution in [-0.4, -0.2) is 48.3 Å². The van der Waals surface area contributed by atoms with Crippen LogP contribution in [-0.2, 0) is 6.54 Å². The van der Waals surface area contributed by atoms with Gasteiger partial charge in [0.1, 0.15) is 5.82 Å². The summed E-state index contributed by atoms with van der Waals surface area (Å²) < 4.78 is 13.8. The Kier molecular flexibility index (Phi) is 5.43. The van der Waals surface area contributed by atoms with Crippen LogP contribution in [0, 0.1) is 5.82 Å². The second kappa shape index (κ2) is 7.53. The molecule has 1 aliphatic heterocycles. The molecule has 122 valence electrons. The van der Waals surface area contributed by atoms with Crippen molar-refractivity contribution < 1.29 is 9.18 Å². The highest BCUT2D eigenvalue weighted by Crippen LogP contribution is 2.21. The van der Waals surface area contributed by atoms with E-state index >= 15 is 0 Å². The quantitative estimate of drug-likeness (QED) is 0.769. The molecule has 1 aromatic carbocycles. The zero-order valence-corrected chi connectivity index (χ0v) is 14.2. The zero-order chi connectivity index (χ0) is 16.2. The lowest BCUT2D eigenvalue weighted by molar-refractivity contribution is 0.0846. The zero-order valence-electron chi connectivity index (χ0n) is 12.7. The number of hydrogen-bond acceptors (Lipinski definition) is 4. The average Bonchev–Trinajstić information content (AvgIpc) is 3.07. The van der Waals surface area contributed by atoms with E-state index in [1.165, 1.54) is 17.4 Å². The summed E-state index contributed by atoms with van der Waals surface area (Å²) in [4.78, 5) is 17.3. The lowest BCUT2D eigenvalue weighted by Gasteiger charge is -2.34. The summed E-state index contributed by atoms with van der Waals surface area (Å²) in [5, 5.41) is 2.39. The number of halogens is 2. The van der Waals surface area contributed by atoms with Gasteiger partial charge in [-0.25, -0.2) is 4.39 Å². The molecule has 3 rings (SSSR count). The van der Waals surface area contributed by atoms with Crippen LogP contribution in [0.2, 0.25) is 5.02 Å². The highest BCUT2D eigenvalue weighted by atomic mass is 35.5. The maximum atomic E-state index is 13.8. The Hall–Kier alpha value is -1.27. The molecule has 0 spiro atoms. The van der Waals surface area contributed by atoms with Crippen molar-refractivity contribution in [1.29, 1.82) is 0 Å². The van der Waals surface area contributed by atoms with Gasteiger partial charge in [-0.05, 0) is 23.6 Å². The van der Waals surface area contributed by atoms with Gasteiger partial charge in [0.05, 0.1) is 11.4 Å². The molecule has 0 bridgehead atoms. The normalized spacial score (nSPS) is 16.6. The van der Waals surface area contributed by atoms with Gasteiger partial charge in [-0.15, -0.1) is 11.3 Å². The summed E-state index contributed by atoms with van der Waals surface area (Å²) >= 11 is 7.56. The summed E-state index contributed by atoms with van der Waals surface area (Å²) in [6.07, 6.45) is 0. The average molecular weight is 353 g/mol. The van der Waals surface area contributed by atoms with Crippen molar-refractivity contribution in [2.45, 2.75) is 6.54 Å². The predicted octanol–water partition coefficient (Wildman–Crippen LogP) is 3.54. The molecule has 0 N–H and O–H groups in total. The fourth-order valence-corrected chi connectivity index (χ4v) is 3.61. The van der Waals surface area contributed by atoms with Gasteiger partial charge in [0, 0.05) is 43.3 Å². The summed E-state index contributed by atoms with van der Waals surface area (Å²) in [6, 6.07) is 8.54. The molecular formula is C17H18ClFN2OS. The van der Waals surface area contributed by atoms with E-state index in [-0.39, 0.29) is 11.6 Å². The minimum atomic E-state index is -0.257. The summed E-state index contributed by atoms with van der Waals surface area (Å²) in [5.74, 6) is -0.0848. The molecule has 0 amide bonds. The van der Waals surface area contributed by atoms with Crippen molar-refractivity contribution in [1.82, 2.24) is 9.80 Å². The van der Waals surface area contributed by atoms with Crippen molar-refractivity contribution in [2.24, 2.45) is 0 Å². The Balaban J connectivity index is 1.52. The number of carbonyl (C=O) groups excluding carboxylic acids is 1. The third-order valence-corrected chi connectivity index (χ3v) is 5.34. The van der Waals surface area contributed by atoms with Gasteiger partial charge in [-0.3, -0.25) is 14.6 Å². The first kappa shape index (κ1) is 16.6. The number of thiophene rings is 1. The number of carbonyl (C=O) groups is 1. The van der Waals surface area contributed by atoms with E-state index in [9.17, 15) is 9.18 Å². The van der Waals surface area contributed by atoms with E-state index < -0.39 is 0 Å². The summed E-state index contributed by atoms with van der Waals surface area (Å²) in [5.41, 5.74) is 0.553. The molecular weight excluding hydrogens is 335 g/mol. The molecule has 2 aromatic rings. The van der Waals surface area contributed by atoms with Crippen molar-refractivity contribution in [3.05, 3.63) is 57.0 Å². The molecule has 6 heteroatoms. The Bertz CT molecular complexity index is 649. The largest absolute Gasteiger partial charge is 0.296 e. The Morgan fingerprint density at radius 3 is 2.52 bits per heavy atom. The fourth-order valence-electron chi connectivity index (χ4n) is 2.73. The van der Waals surface area contributed by atoms with Crippen LogP contribution in [0.1, 0.15) is 15.2 Å². The van der Waals surface area contributed by atoms with Crippen LogP contribution in [0.5, 0.6) is 0 Å². The molecule has 2 heterocycles. The van der Waals surface area contributed by atoms with Crippen molar-refractivity contribution in [3.63, 3.8) is 0 Å². The van der Waals surface area contributed by atoms with Crippen LogP contribution >= 0.6 is 22.9 Å². The van der Waals surface area contributed by atoms with Gasteiger partial charge in [0.25, 0.3) is 0 Å². The first-order chi connectivity index (χ1) is 11.1. The first-order valence-electron chi connectivity index (χ1n) is 7.58. The first-order valence-corrected chi connectivity index (χ1v) is 8.83. The van der Waals surface area contributed by atoms with Crippen LogP contribution < -0.4 is 0 Å². The van der Waals surface area contributed by atoms with E-state index in [2.05, 4.69) is 9.80 Å². The Labute approximate surface area is 144 Å². The molecule has 0 saturated carbocycles. The number of piperazine rings is 1.